The van der Waals surface area contributed by atoms with Crippen molar-refractivity contribution in [1.82, 2.24) is 9.80 Å². The van der Waals surface area contributed by atoms with Crippen LogP contribution in [0.1, 0.15) is 17.5 Å². The Kier molecular flexibility index (Phi) is 6.83. The highest BCUT2D eigenvalue weighted by Gasteiger charge is 2.29. The van der Waals surface area contributed by atoms with Crippen LogP contribution < -0.4 is 0 Å². The summed E-state index contributed by atoms with van der Waals surface area (Å²) < 4.78 is 5.32. The second-order valence-corrected chi connectivity index (χ2v) is 7.41. The summed E-state index contributed by atoms with van der Waals surface area (Å²) in [4.78, 5) is 16.4. The minimum atomic E-state index is -0.458. The van der Waals surface area contributed by atoms with Gasteiger partial charge in [0.15, 0.2) is 0 Å². The molecule has 0 bridgehead atoms. The van der Waals surface area contributed by atoms with Crippen LogP contribution in [0.2, 0.25) is 0 Å². The minimum absolute atomic E-state index is 0.00585. The van der Waals surface area contributed by atoms with E-state index in [1.54, 1.807) is 11.0 Å². The molecular weight excluding hydrogens is 328 g/mol. The monoisotopic (exact) mass is 358 g/mol. The maximum Gasteiger partial charge on any atom is 0.246 e. The zero-order valence-corrected chi connectivity index (χ0v) is 15.6. The van der Waals surface area contributed by atoms with E-state index in [0.717, 1.165) is 45.7 Å². The van der Waals surface area contributed by atoms with Crippen LogP contribution in [0.3, 0.4) is 0 Å². The third-order valence-electron chi connectivity index (χ3n) is 5.34. The zero-order chi connectivity index (χ0) is 18.4. The van der Waals surface area contributed by atoms with E-state index in [1.165, 1.54) is 11.1 Å². The van der Waals surface area contributed by atoms with Crippen molar-refractivity contribution in [3.8, 4) is 0 Å². The molecule has 0 saturated carbocycles. The van der Waals surface area contributed by atoms with Gasteiger partial charge in [0.25, 0.3) is 0 Å². The first-order chi connectivity index (χ1) is 12.6. The van der Waals surface area contributed by atoms with Crippen molar-refractivity contribution in [2.45, 2.75) is 25.9 Å². The molecule has 1 aromatic rings. The molecule has 0 aromatic heterocycles. The Balaban J connectivity index is 1.45. The molecule has 2 saturated heterocycles. The van der Waals surface area contributed by atoms with Crippen molar-refractivity contribution in [2.24, 2.45) is 5.92 Å². The molecule has 1 aromatic carbocycles. The van der Waals surface area contributed by atoms with Gasteiger partial charge in [-0.3, -0.25) is 9.69 Å². The zero-order valence-electron chi connectivity index (χ0n) is 15.6. The lowest BCUT2D eigenvalue weighted by Gasteiger charge is -2.35. The number of hydrogen-bond donors (Lipinski definition) is 1. The van der Waals surface area contributed by atoms with Gasteiger partial charge in [-0.15, -0.1) is 0 Å². The van der Waals surface area contributed by atoms with Gasteiger partial charge in [0.1, 0.15) is 0 Å². The molecule has 2 atom stereocenters. The second kappa shape index (κ2) is 9.31. The number of benzene rings is 1. The number of morpholine rings is 1. The predicted octanol–water partition coefficient (Wildman–Crippen LogP) is 1.64. The fourth-order valence-corrected chi connectivity index (χ4v) is 3.75. The SMILES string of the molecule is Cc1cccc(C[C@H]2CCN(C(=O)C=CCN3CCOCC3)C[C@@H]2O)c1. The number of hydrogen-bond acceptors (Lipinski definition) is 4. The second-order valence-electron chi connectivity index (χ2n) is 7.41. The molecule has 3 rings (SSSR count). The number of amides is 1. The Bertz CT molecular complexity index is 625. The number of nitrogens with zero attached hydrogens (tertiary/aromatic N) is 2. The fraction of sp³-hybridized carbons (Fsp3) is 0.571. The molecule has 26 heavy (non-hydrogen) atoms. The van der Waals surface area contributed by atoms with Crippen LogP contribution in [0.5, 0.6) is 0 Å². The Morgan fingerprint density at radius 1 is 1.31 bits per heavy atom. The molecule has 142 valence electrons. The first-order valence-corrected chi connectivity index (χ1v) is 9.61. The highest BCUT2D eigenvalue weighted by molar-refractivity contribution is 5.87. The lowest BCUT2D eigenvalue weighted by atomic mass is 9.87. The number of ether oxygens (including phenoxy) is 1. The van der Waals surface area contributed by atoms with Crippen molar-refractivity contribution >= 4 is 5.91 Å². The van der Waals surface area contributed by atoms with Crippen LogP contribution >= 0.6 is 0 Å². The lowest BCUT2D eigenvalue weighted by Crippen LogP contribution is -2.46. The normalized spacial score (nSPS) is 24.9. The van der Waals surface area contributed by atoms with E-state index in [4.69, 9.17) is 4.74 Å². The molecule has 2 aliphatic rings. The Hall–Kier alpha value is -1.69. The summed E-state index contributed by atoms with van der Waals surface area (Å²) in [5.41, 5.74) is 2.51. The number of β-amino-alcohol motifs (C(OH)–C–C–N with tert-alkyl or cyclic N) is 1. The van der Waals surface area contributed by atoms with E-state index >= 15 is 0 Å². The van der Waals surface area contributed by atoms with Gasteiger partial charge in [0, 0.05) is 38.8 Å². The van der Waals surface area contributed by atoms with E-state index in [-0.39, 0.29) is 11.8 Å². The third kappa shape index (κ3) is 5.40. The number of likely N-dealkylation sites (tertiary alicyclic amines) is 1. The van der Waals surface area contributed by atoms with Gasteiger partial charge >= 0.3 is 0 Å². The Morgan fingerprint density at radius 2 is 2.12 bits per heavy atom. The predicted molar refractivity (Wildman–Crippen MR) is 102 cm³/mol. The number of carbonyl (C=O) groups is 1. The van der Waals surface area contributed by atoms with E-state index in [9.17, 15) is 9.90 Å². The number of rotatable bonds is 5. The van der Waals surface area contributed by atoms with Gasteiger partial charge < -0.3 is 14.7 Å². The average molecular weight is 358 g/mol. The van der Waals surface area contributed by atoms with E-state index in [1.807, 2.05) is 6.08 Å². The quantitative estimate of drug-likeness (QED) is 0.813. The van der Waals surface area contributed by atoms with Gasteiger partial charge in [-0.05, 0) is 31.2 Å². The standard InChI is InChI=1S/C21H30N2O3/c1-17-4-2-5-18(14-17)15-19-7-9-23(16-20(19)24)21(25)6-3-8-22-10-12-26-13-11-22/h2-6,14,19-20,24H,7-13,15-16H2,1H3/t19-,20+/m1/s1. The van der Waals surface area contributed by atoms with Crippen molar-refractivity contribution in [2.75, 3.05) is 45.9 Å². The fourth-order valence-electron chi connectivity index (χ4n) is 3.75. The summed E-state index contributed by atoms with van der Waals surface area (Å²) in [5.74, 6) is 0.226. The molecule has 0 spiro atoms. The maximum absolute atomic E-state index is 12.4. The van der Waals surface area contributed by atoms with Crippen LogP contribution in [0.15, 0.2) is 36.4 Å². The van der Waals surface area contributed by atoms with E-state index in [2.05, 4.69) is 36.1 Å². The number of aliphatic hydroxyl groups is 1. The van der Waals surface area contributed by atoms with E-state index < -0.39 is 6.10 Å². The molecular formula is C21H30N2O3. The summed E-state index contributed by atoms with van der Waals surface area (Å²) in [5, 5.41) is 10.5. The van der Waals surface area contributed by atoms with Gasteiger partial charge in [-0.1, -0.05) is 35.9 Å². The minimum Gasteiger partial charge on any atom is -0.391 e. The molecule has 2 fully saturated rings. The van der Waals surface area contributed by atoms with Gasteiger partial charge in [0.05, 0.1) is 19.3 Å². The first-order valence-electron chi connectivity index (χ1n) is 9.61. The molecule has 1 N–H and O–H groups in total. The summed E-state index contributed by atoms with van der Waals surface area (Å²) in [6, 6.07) is 8.45. The van der Waals surface area contributed by atoms with Gasteiger partial charge in [0.2, 0.25) is 5.91 Å². The Labute approximate surface area is 156 Å². The molecule has 5 nitrogen and oxygen atoms in total. The van der Waals surface area contributed by atoms with Crippen LogP contribution in [-0.4, -0.2) is 72.9 Å². The molecule has 0 aliphatic carbocycles. The summed E-state index contributed by atoms with van der Waals surface area (Å²) >= 11 is 0. The van der Waals surface area contributed by atoms with Gasteiger partial charge in [-0.2, -0.15) is 0 Å². The topological polar surface area (TPSA) is 53.0 Å². The number of aryl methyl sites for hydroxylation is 1. The summed E-state index contributed by atoms with van der Waals surface area (Å²) in [7, 11) is 0. The lowest BCUT2D eigenvalue weighted by molar-refractivity contribution is -0.130. The highest BCUT2D eigenvalue weighted by Crippen LogP contribution is 2.23. The van der Waals surface area contributed by atoms with Crippen LogP contribution in [0.25, 0.3) is 0 Å². The van der Waals surface area contributed by atoms with Crippen molar-refractivity contribution in [1.29, 1.82) is 0 Å². The smallest absolute Gasteiger partial charge is 0.246 e. The Morgan fingerprint density at radius 3 is 2.85 bits per heavy atom. The summed E-state index contributed by atoms with van der Waals surface area (Å²) in [6.45, 7) is 7.38. The van der Waals surface area contributed by atoms with Gasteiger partial charge in [-0.25, -0.2) is 0 Å². The molecule has 2 aliphatic heterocycles. The molecule has 2 heterocycles. The van der Waals surface area contributed by atoms with Crippen LogP contribution in [-0.2, 0) is 16.0 Å². The first kappa shape index (κ1) is 19.1. The average Bonchev–Trinajstić information content (AvgIpc) is 2.64. The molecule has 0 radical (unpaired) electrons. The third-order valence-corrected chi connectivity index (χ3v) is 5.34. The number of piperidine rings is 1. The van der Waals surface area contributed by atoms with Crippen molar-refractivity contribution < 1.29 is 14.6 Å². The highest BCUT2D eigenvalue weighted by atomic mass is 16.5. The molecule has 5 heteroatoms. The molecule has 0 unspecified atom stereocenters. The summed E-state index contributed by atoms with van der Waals surface area (Å²) in [6.07, 6.45) is 4.85. The van der Waals surface area contributed by atoms with Crippen LogP contribution in [0.4, 0.5) is 0 Å². The van der Waals surface area contributed by atoms with Crippen molar-refractivity contribution in [3.63, 3.8) is 0 Å². The maximum atomic E-state index is 12.4. The number of carbonyl (C=O) groups excluding carboxylic acids is 1. The van der Waals surface area contributed by atoms with Crippen molar-refractivity contribution in [3.05, 3.63) is 47.5 Å². The van der Waals surface area contributed by atoms with Crippen LogP contribution in [0, 0.1) is 12.8 Å². The molecule has 1 amide bonds. The largest absolute Gasteiger partial charge is 0.391 e. The number of aliphatic hydroxyl groups excluding tert-OH is 1. The van der Waals surface area contributed by atoms with E-state index in [0.29, 0.717) is 13.1 Å².